The fraction of sp³-hybridized carbons (Fsp3) is 0.278. The molecule has 0 atom stereocenters. The smallest absolute Gasteiger partial charge is 0.163 e. The summed E-state index contributed by atoms with van der Waals surface area (Å²) in [5.41, 5.74) is 8.24. The second-order valence-corrected chi connectivity index (χ2v) is 3.88. The van der Waals surface area contributed by atoms with Crippen LogP contribution >= 0.6 is 0 Å². The molecule has 0 aliphatic rings. The van der Waals surface area contributed by atoms with E-state index >= 15 is 0 Å². The van der Waals surface area contributed by atoms with E-state index in [0.717, 1.165) is 16.7 Å². The third-order valence-corrected chi connectivity index (χ3v) is 2.63. The molecule has 2 aromatic heterocycles. The average molecular weight is 313 g/mol. The lowest BCUT2D eigenvalue weighted by molar-refractivity contribution is 0.781. The predicted molar refractivity (Wildman–Crippen MR) is 101 cm³/mol. The molecule has 23 heavy (non-hydrogen) atoms. The van der Waals surface area contributed by atoms with Gasteiger partial charge in [0.15, 0.2) is 5.65 Å². The molecule has 0 saturated carbocycles. The third kappa shape index (κ3) is 4.92. The van der Waals surface area contributed by atoms with E-state index in [2.05, 4.69) is 28.2 Å². The van der Waals surface area contributed by atoms with Crippen LogP contribution in [0, 0.1) is 0 Å². The van der Waals surface area contributed by atoms with Crippen molar-refractivity contribution < 1.29 is 0 Å². The highest BCUT2D eigenvalue weighted by molar-refractivity contribution is 5.97. The number of hydrogen-bond donors (Lipinski definition) is 1. The number of nitrogen functional groups attached to an aromatic ring is 1. The largest absolute Gasteiger partial charge is 0.383 e. The Bertz CT molecular complexity index is 693. The summed E-state index contributed by atoms with van der Waals surface area (Å²) >= 11 is 0. The first-order valence-electron chi connectivity index (χ1n) is 7.74. The quantitative estimate of drug-likeness (QED) is 0.854. The molecule has 0 aliphatic carbocycles. The van der Waals surface area contributed by atoms with Gasteiger partial charge >= 0.3 is 0 Å². The molecule has 0 radical (unpaired) electrons. The standard InChI is InChI=1S/C14H15N5.2C2H6/c1-4-6-8-10(7-5-2)12-11-13(15)16-9-17-14(11)19(3)18-12;2*1-2/h4-9H,1-2H2,3H3,(H2,15,16,17);2*1-2H3/b8-6-,10-7+;;. The zero-order valence-corrected chi connectivity index (χ0v) is 14.7. The summed E-state index contributed by atoms with van der Waals surface area (Å²) in [6.07, 6.45) is 10.4. The van der Waals surface area contributed by atoms with E-state index in [1.165, 1.54) is 6.33 Å². The highest BCUT2D eigenvalue weighted by atomic mass is 15.3. The molecule has 0 bridgehead atoms. The minimum atomic E-state index is 0.412. The van der Waals surface area contributed by atoms with Gasteiger partial charge in [0.2, 0.25) is 0 Å². The first kappa shape index (κ1) is 20.3. The van der Waals surface area contributed by atoms with Crippen LogP contribution < -0.4 is 5.73 Å². The minimum absolute atomic E-state index is 0.412. The molecular weight excluding hydrogens is 286 g/mol. The zero-order chi connectivity index (χ0) is 17.8. The predicted octanol–water partition coefficient (Wildman–Crippen LogP) is 4.31. The van der Waals surface area contributed by atoms with Crippen LogP contribution in [0.3, 0.4) is 0 Å². The van der Waals surface area contributed by atoms with Gasteiger partial charge in [-0.25, -0.2) is 14.6 Å². The summed E-state index contributed by atoms with van der Waals surface area (Å²) < 4.78 is 1.68. The average Bonchev–Trinajstić information content (AvgIpc) is 2.93. The van der Waals surface area contributed by atoms with Crippen LogP contribution in [0.1, 0.15) is 33.4 Å². The molecule has 0 amide bonds. The summed E-state index contributed by atoms with van der Waals surface area (Å²) in [5, 5.41) is 5.20. The van der Waals surface area contributed by atoms with Crippen molar-refractivity contribution in [2.75, 3.05) is 5.73 Å². The van der Waals surface area contributed by atoms with Crippen molar-refractivity contribution in [1.29, 1.82) is 0 Å². The van der Waals surface area contributed by atoms with Gasteiger partial charge in [0.05, 0.1) is 5.39 Å². The zero-order valence-electron chi connectivity index (χ0n) is 14.7. The fourth-order valence-electron chi connectivity index (χ4n) is 1.82. The van der Waals surface area contributed by atoms with Gasteiger partial charge in [0, 0.05) is 12.6 Å². The number of aryl methyl sites for hydroxylation is 1. The Balaban J connectivity index is 0.00000112. The number of nitrogens with zero attached hydrogens (tertiary/aromatic N) is 4. The molecule has 5 nitrogen and oxygen atoms in total. The second-order valence-electron chi connectivity index (χ2n) is 3.88. The first-order chi connectivity index (χ1) is 11.2. The molecule has 124 valence electrons. The summed E-state index contributed by atoms with van der Waals surface area (Å²) in [5.74, 6) is 0.412. The molecule has 0 aromatic carbocycles. The van der Waals surface area contributed by atoms with Crippen molar-refractivity contribution in [3.05, 3.63) is 55.6 Å². The number of rotatable bonds is 4. The number of aromatic nitrogens is 4. The van der Waals surface area contributed by atoms with E-state index in [9.17, 15) is 0 Å². The Morgan fingerprint density at radius 2 is 1.78 bits per heavy atom. The van der Waals surface area contributed by atoms with Crippen LogP contribution in [0.5, 0.6) is 0 Å². The Labute approximate surface area is 138 Å². The van der Waals surface area contributed by atoms with Crippen molar-refractivity contribution in [2.24, 2.45) is 7.05 Å². The van der Waals surface area contributed by atoms with Crippen molar-refractivity contribution in [2.45, 2.75) is 27.7 Å². The van der Waals surface area contributed by atoms with E-state index in [0.29, 0.717) is 11.5 Å². The molecular formula is C18H27N5. The summed E-state index contributed by atoms with van der Waals surface area (Å²) in [6.45, 7) is 15.4. The van der Waals surface area contributed by atoms with Crippen LogP contribution in [0.2, 0.25) is 0 Å². The fourth-order valence-corrected chi connectivity index (χ4v) is 1.82. The maximum atomic E-state index is 5.93. The number of allylic oxidation sites excluding steroid dienone is 6. The van der Waals surface area contributed by atoms with Crippen molar-refractivity contribution >= 4 is 22.4 Å². The molecule has 0 spiro atoms. The number of nitrogens with two attached hydrogens (primary N) is 1. The molecule has 0 aliphatic heterocycles. The van der Waals surface area contributed by atoms with Gasteiger partial charge in [0.25, 0.3) is 0 Å². The summed E-state index contributed by atoms with van der Waals surface area (Å²) in [6, 6.07) is 0. The highest BCUT2D eigenvalue weighted by Crippen LogP contribution is 2.27. The number of anilines is 1. The monoisotopic (exact) mass is 313 g/mol. The van der Waals surface area contributed by atoms with E-state index in [4.69, 9.17) is 5.73 Å². The number of hydrogen-bond acceptors (Lipinski definition) is 4. The van der Waals surface area contributed by atoms with Crippen LogP contribution in [0.4, 0.5) is 5.82 Å². The van der Waals surface area contributed by atoms with Crippen LogP contribution in [0.25, 0.3) is 16.6 Å². The van der Waals surface area contributed by atoms with E-state index < -0.39 is 0 Å². The maximum absolute atomic E-state index is 5.93. The van der Waals surface area contributed by atoms with Crippen LogP contribution in [0.15, 0.2) is 49.9 Å². The lowest BCUT2D eigenvalue weighted by Crippen LogP contribution is -1.95. The van der Waals surface area contributed by atoms with Crippen molar-refractivity contribution in [1.82, 2.24) is 19.7 Å². The third-order valence-electron chi connectivity index (χ3n) is 2.63. The van der Waals surface area contributed by atoms with Gasteiger partial charge in [-0.15, -0.1) is 0 Å². The van der Waals surface area contributed by atoms with Gasteiger partial charge < -0.3 is 5.73 Å². The Kier molecular flexibility index (Phi) is 9.67. The maximum Gasteiger partial charge on any atom is 0.163 e. The summed E-state index contributed by atoms with van der Waals surface area (Å²) in [7, 11) is 1.82. The molecule has 0 fully saturated rings. The molecule has 0 saturated heterocycles. The minimum Gasteiger partial charge on any atom is -0.383 e. The van der Waals surface area contributed by atoms with Crippen LogP contribution in [-0.2, 0) is 7.05 Å². The Morgan fingerprint density at radius 1 is 1.13 bits per heavy atom. The lowest BCUT2D eigenvalue weighted by Gasteiger charge is -1.99. The molecule has 2 rings (SSSR count). The van der Waals surface area contributed by atoms with E-state index in [1.54, 1.807) is 16.8 Å². The molecule has 2 N–H and O–H groups in total. The van der Waals surface area contributed by atoms with Crippen molar-refractivity contribution in [3.8, 4) is 0 Å². The molecule has 2 heterocycles. The van der Waals surface area contributed by atoms with Gasteiger partial charge in [-0.1, -0.05) is 71.2 Å². The lowest BCUT2D eigenvalue weighted by atomic mass is 10.1. The normalized spacial score (nSPS) is 10.6. The number of fused-ring (bicyclic) bond motifs is 1. The second kappa shape index (κ2) is 11.0. The Hall–Kier alpha value is -2.69. The van der Waals surface area contributed by atoms with Crippen molar-refractivity contribution in [3.63, 3.8) is 0 Å². The van der Waals surface area contributed by atoms with Crippen LogP contribution in [-0.4, -0.2) is 19.7 Å². The molecule has 2 aromatic rings. The first-order valence-corrected chi connectivity index (χ1v) is 7.74. The van der Waals surface area contributed by atoms with Gasteiger partial charge in [-0.05, 0) is 0 Å². The van der Waals surface area contributed by atoms with Gasteiger partial charge in [-0.2, -0.15) is 5.10 Å². The topological polar surface area (TPSA) is 69.6 Å². The van der Waals surface area contributed by atoms with E-state index in [-0.39, 0.29) is 0 Å². The summed E-state index contributed by atoms with van der Waals surface area (Å²) in [4.78, 5) is 8.22. The molecule has 5 heteroatoms. The van der Waals surface area contributed by atoms with E-state index in [1.807, 2.05) is 53.0 Å². The van der Waals surface area contributed by atoms with Gasteiger partial charge in [0.1, 0.15) is 17.8 Å². The Morgan fingerprint density at radius 3 is 2.35 bits per heavy atom. The SMILES string of the molecule is C=C/C=C\C(=C/C=C)c1nn(C)c2ncnc(N)c12.CC.CC. The highest BCUT2D eigenvalue weighted by Gasteiger charge is 2.15. The molecule has 0 unspecified atom stereocenters. The van der Waals surface area contributed by atoms with Gasteiger partial charge in [-0.3, -0.25) is 0 Å².